The Morgan fingerprint density at radius 2 is 1.29 bits per heavy atom. The van der Waals surface area contributed by atoms with Crippen LogP contribution in [0.5, 0.6) is 0 Å². The van der Waals surface area contributed by atoms with Gasteiger partial charge in [-0.3, -0.25) is 19.2 Å². The van der Waals surface area contributed by atoms with E-state index in [-0.39, 0.29) is 17.6 Å². The number of carbonyl (C=O) groups excluding carboxylic acids is 3. The van der Waals surface area contributed by atoms with Crippen molar-refractivity contribution in [1.82, 2.24) is 16.0 Å². The average Bonchev–Trinajstić information content (AvgIpc) is 2.57. The Morgan fingerprint density at radius 1 is 0.821 bits per heavy atom. The summed E-state index contributed by atoms with van der Waals surface area (Å²) in [7, 11) is 0. The second kappa shape index (κ2) is 12.6. The summed E-state index contributed by atoms with van der Waals surface area (Å²) in [6.45, 7) is 9.00. The van der Waals surface area contributed by atoms with Crippen molar-refractivity contribution in [1.29, 1.82) is 0 Å². The summed E-state index contributed by atoms with van der Waals surface area (Å²) in [5.41, 5.74) is 5.88. The maximum Gasteiger partial charge on any atom is 0.325 e. The maximum atomic E-state index is 12.7. The van der Waals surface area contributed by atoms with Crippen LogP contribution in [-0.2, 0) is 19.2 Å². The zero-order valence-corrected chi connectivity index (χ0v) is 18.1. The summed E-state index contributed by atoms with van der Waals surface area (Å²) >= 11 is 4.05. The largest absolute Gasteiger partial charge is 0.480 e. The summed E-state index contributed by atoms with van der Waals surface area (Å²) in [5, 5.41) is 16.4. The number of carboxylic acids is 1. The molecule has 0 radical (unpaired) electrons. The highest BCUT2D eigenvalue weighted by Crippen LogP contribution is 2.08. The topological polar surface area (TPSA) is 151 Å². The third kappa shape index (κ3) is 9.93. The first-order valence-corrected chi connectivity index (χ1v) is 10.0. The number of rotatable bonds is 12. The lowest BCUT2D eigenvalue weighted by molar-refractivity contribution is -0.141. The van der Waals surface area contributed by atoms with E-state index in [0.29, 0.717) is 12.8 Å². The molecule has 28 heavy (non-hydrogen) atoms. The predicted molar refractivity (Wildman–Crippen MR) is 110 cm³/mol. The minimum absolute atomic E-state index is 0.0287. The molecule has 0 bridgehead atoms. The second-order valence-corrected chi connectivity index (χ2v) is 8.10. The summed E-state index contributed by atoms with van der Waals surface area (Å²) in [5.74, 6) is -2.53. The molecule has 0 aromatic carbocycles. The maximum absolute atomic E-state index is 12.7. The Labute approximate surface area is 172 Å². The van der Waals surface area contributed by atoms with E-state index in [1.165, 1.54) is 6.92 Å². The van der Waals surface area contributed by atoms with Gasteiger partial charge in [-0.05, 0) is 31.6 Å². The minimum atomic E-state index is -1.19. The Morgan fingerprint density at radius 3 is 1.71 bits per heavy atom. The van der Waals surface area contributed by atoms with Crippen molar-refractivity contribution in [2.24, 2.45) is 17.6 Å². The molecule has 4 unspecified atom stereocenters. The summed E-state index contributed by atoms with van der Waals surface area (Å²) in [4.78, 5) is 48.0. The highest BCUT2D eigenvalue weighted by Gasteiger charge is 2.29. The van der Waals surface area contributed by atoms with Gasteiger partial charge in [0.15, 0.2) is 0 Å². The van der Waals surface area contributed by atoms with Crippen LogP contribution in [-0.4, -0.2) is 58.7 Å². The first kappa shape index (κ1) is 26.2. The number of amides is 3. The highest BCUT2D eigenvalue weighted by atomic mass is 32.1. The number of nitrogens with two attached hydrogens (primary N) is 1. The molecule has 3 amide bonds. The first-order chi connectivity index (χ1) is 12.9. The van der Waals surface area contributed by atoms with Gasteiger partial charge in [-0.2, -0.15) is 12.6 Å². The quantitative estimate of drug-likeness (QED) is 0.244. The van der Waals surface area contributed by atoms with Gasteiger partial charge in [-0.15, -0.1) is 0 Å². The molecule has 0 aliphatic carbocycles. The van der Waals surface area contributed by atoms with Gasteiger partial charge in [-0.25, -0.2) is 0 Å². The van der Waals surface area contributed by atoms with E-state index in [2.05, 4.69) is 28.6 Å². The summed E-state index contributed by atoms with van der Waals surface area (Å²) in [6.07, 6.45) is 0.842. The van der Waals surface area contributed by atoms with Crippen LogP contribution in [0, 0.1) is 11.8 Å². The highest BCUT2D eigenvalue weighted by molar-refractivity contribution is 7.80. The fraction of sp³-hybridized carbons (Fsp3) is 0.778. The second-order valence-electron chi connectivity index (χ2n) is 7.74. The van der Waals surface area contributed by atoms with Crippen LogP contribution in [0.4, 0.5) is 0 Å². The van der Waals surface area contributed by atoms with Crippen molar-refractivity contribution < 1.29 is 24.3 Å². The molecule has 0 fully saturated rings. The molecule has 10 heteroatoms. The average molecular weight is 419 g/mol. The van der Waals surface area contributed by atoms with Gasteiger partial charge in [0.2, 0.25) is 17.7 Å². The standard InChI is InChI=1S/C18H34N4O5S/c1-9(2)6-12(19)15(23)21-13(7-10(3)4)16(24)22-14(8-28)17(25)20-11(5)18(26)27/h9-14,28H,6-8,19H2,1-5H3,(H,20,25)(H,21,23)(H,22,24)(H,26,27). The summed E-state index contributed by atoms with van der Waals surface area (Å²) in [6, 6.07) is -3.74. The number of nitrogens with one attached hydrogen (secondary N) is 3. The van der Waals surface area contributed by atoms with Crippen LogP contribution >= 0.6 is 12.6 Å². The Balaban J connectivity index is 5.09. The van der Waals surface area contributed by atoms with Gasteiger partial charge in [0.25, 0.3) is 0 Å². The molecule has 9 nitrogen and oxygen atoms in total. The van der Waals surface area contributed by atoms with E-state index in [0.717, 1.165) is 0 Å². The van der Waals surface area contributed by atoms with Crippen molar-refractivity contribution >= 4 is 36.3 Å². The molecule has 162 valence electrons. The van der Waals surface area contributed by atoms with Gasteiger partial charge in [0.05, 0.1) is 6.04 Å². The molecule has 0 saturated heterocycles. The normalized spacial score (nSPS) is 15.5. The third-order valence-electron chi connectivity index (χ3n) is 3.95. The van der Waals surface area contributed by atoms with Crippen molar-refractivity contribution in [2.75, 3.05) is 5.75 Å². The summed E-state index contributed by atoms with van der Waals surface area (Å²) < 4.78 is 0. The molecule has 0 aromatic heterocycles. The fourth-order valence-electron chi connectivity index (χ4n) is 2.44. The third-order valence-corrected chi connectivity index (χ3v) is 4.31. The smallest absolute Gasteiger partial charge is 0.325 e. The van der Waals surface area contributed by atoms with Crippen molar-refractivity contribution in [3.8, 4) is 0 Å². The number of thiol groups is 1. The lowest BCUT2D eigenvalue weighted by Crippen LogP contribution is -2.57. The van der Waals surface area contributed by atoms with Gasteiger partial charge in [-0.1, -0.05) is 27.7 Å². The molecule has 0 spiro atoms. The van der Waals surface area contributed by atoms with E-state index in [9.17, 15) is 19.2 Å². The Bertz CT molecular complexity index is 556. The van der Waals surface area contributed by atoms with Crippen molar-refractivity contribution in [3.05, 3.63) is 0 Å². The Kier molecular flexibility index (Phi) is 11.8. The van der Waals surface area contributed by atoms with Crippen molar-refractivity contribution in [3.63, 3.8) is 0 Å². The molecule has 4 atom stereocenters. The molecule has 0 aromatic rings. The van der Waals surface area contributed by atoms with E-state index in [4.69, 9.17) is 10.8 Å². The van der Waals surface area contributed by atoms with Gasteiger partial charge in [0.1, 0.15) is 18.1 Å². The van der Waals surface area contributed by atoms with E-state index >= 15 is 0 Å². The van der Waals surface area contributed by atoms with Crippen LogP contribution in [0.15, 0.2) is 0 Å². The number of carbonyl (C=O) groups is 4. The van der Waals surface area contributed by atoms with Crippen LogP contribution in [0.2, 0.25) is 0 Å². The van der Waals surface area contributed by atoms with Crippen LogP contribution < -0.4 is 21.7 Å². The lowest BCUT2D eigenvalue weighted by Gasteiger charge is -2.25. The number of hydrogen-bond acceptors (Lipinski definition) is 6. The fourth-order valence-corrected chi connectivity index (χ4v) is 2.70. The molecule has 0 rings (SSSR count). The zero-order chi connectivity index (χ0) is 22.0. The number of hydrogen-bond donors (Lipinski definition) is 6. The van der Waals surface area contributed by atoms with Gasteiger partial charge >= 0.3 is 5.97 Å². The minimum Gasteiger partial charge on any atom is -0.480 e. The van der Waals surface area contributed by atoms with Crippen molar-refractivity contribution in [2.45, 2.75) is 71.6 Å². The molecular weight excluding hydrogens is 384 g/mol. The molecule has 0 saturated carbocycles. The molecule has 0 aliphatic rings. The van der Waals surface area contributed by atoms with Gasteiger partial charge in [0, 0.05) is 5.75 Å². The predicted octanol–water partition coefficient (Wildman–Crippen LogP) is -0.105. The van der Waals surface area contributed by atoms with E-state index in [1.807, 2.05) is 27.7 Å². The van der Waals surface area contributed by atoms with Crippen LogP contribution in [0.25, 0.3) is 0 Å². The van der Waals surface area contributed by atoms with E-state index in [1.54, 1.807) is 0 Å². The lowest BCUT2D eigenvalue weighted by atomic mass is 10.0. The van der Waals surface area contributed by atoms with Crippen LogP contribution in [0.3, 0.4) is 0 Å². The number of aliphatic carboxylic acids is 1. The zero-order valence-electron chi connectivity index (χ0n) is 17.2. The molecule has 6 N–H and O–H groups in total. The van der Waals surface area contributed by atoms with E-state index < -0.39 is 47.9 Å². The Hall–Kier alpha value is -1.81. The monoisotopic (exact) mass is 418 g/mol. The molecule has 0 heterocycles. The molecule has 0 aliphatic heterocycles. The SMILES string of the molecule is CC(C)CC(N)C(=O)NC(CC(C)C)C(=O)NC(CS)C(=O)NC(C)C(=O)O. The number of carboxylic acid groups (broad SMARTS) is 1. The first-order valence-electron chi connectivity index (χ1n) is 9.39. The molecular formula is C18H34N4O5S. The van der Waals surface area contributed by atoms with Gasteiger partial charge < -0.3 is 26.8 Å². The van der Waals surface area contributed by atoms with Crippen LogP contribution in [0.1, 0.15) is 47.5 Å².